The van der Waals surface area contributed by atoms with E-state index >= 15 is 0 Å². The second-order valence-electron chi connectivity index (χ2n) is 2.93. The van der Waals surface area contributed by atoms with E-state index in [1.807, 2.05) is 12.1 Å². The average molecular weight is 226 g/mol. The van der Waals surface area contributed by atoms with Crippen molar-refractivity contribution in [1.82, 2.24) is 4.98 Å². The maximum atomic E-state index is 10.8. The largest absolute Gasteiger partial charge is 0.469 e. The molecule has 0 aromatic carbocycles. The third-order valence-corrected chi connectivity index (χ3v) is 2.87. The number of nitrogens with zero attached hydrogens (tertiary/aromatic N) is 1. The van der Waals surface area contributed by atoms with Gasteiger partial charge in [0.2, 0.25) is 0 Å². The van der Waals surface area contributed by atoms with Crippen molar-refractivity contribution in [1.29, 1.82) is 0 Å². The number of nitrogens with two attached hydrogens (primary N) is 1. The first-order valence-electron chi connectivity index (χ1n) is 4.58. The van der Waals surface area contributed by atoms with Gasteiger partial charge in [-0.05, 0) is 6.07 Å². The Bertz CT molecular complexity index is 331. The van der Waals surface area contributed by atoms with Gasteiger partial charge in [0.15, 0.2) is 0 Å². The zero-order valence-electron chi connectivity index (χ0n) is 8.60. The summed E-state index contributed by atoms with van der Waals surface area (Å²) in [5.74, 6) is 1.89. The van der Waals surface area contributed by atoms with Gasteiger partial charge >= 0.3 is 5.97 Å². The minimum atomic E-state index is -0.179. The highest BCUT2D eigenvalue weighted by molar-refractivity contribution is 7.98. The van der Waals surface area contributed by atoms with Crippen molar-refractivity contribution in [2.45, 2.75) is 12.2 Å². The van der Waals surface area contributed by atoms with Crippen LogP contribution in [0.4, 0.5) is 5.82 Å². The molecule has 1 aromatic heterocycles. The number of rotatable bonds is 5. The van der Waals surface area contributed by atoms with Gasteiger partial charge in [-0.3, -0.25) is 4.79 Å². The molecule has 1 rings (SSSR count). The van der Waals surface area contributed by atoms with E-state index in [4.69, 9.17) is 5.73 Å². The number of aromatic nitrogens is 1. The first-order chi connectivity index (χ1) is 7.24. The molecule has 0 bridgehead atoms. The molecule has 0 spiro atoms. The maximum Gasteiger partial charge on any atom is 0.306 e. The fraction of sp³-hybridized carbons (Fsp3) is 0.400. The van der Waals surface area contributed by atoms with Gasteiger partial charge in [-0.1, -0.05) is 6.07 Å². The number of hydrogen-bond acceptors (Lipinski definition) is 5. The number of carbonyl (C=O) groups excluding carboxylic acids is 1. The number of ether oxygens (including phenoxy) is 1. The lowest BCUT2D eigenvalue weighted by Crippen LogP contribution is -2.01. The lowest BCUT2D eigenvalue weighted by atomic mass is 10.3. The van der Waals surface area contributed by atoms with Gasteiger partial charge in [0, 0.05) is 23.3 Å². The Morgan fingerprint density at radius 3 is 3.13 bits per heavy atom. The molecule has 0 atom stereocenters. The minimum absolute atomic E-state index is 0.179. The molecule has 0 amide bonds. The molecule has 0 aliphatic rings. The fourth-order valence-corrected chi connectivity index (χ4v) is 1.93. The zero-order chi connectivity index (χ0) is 11.1. The van der Waals surface area contributed by atoms with Gasteiger partial charge in [0.05, 0.1) is 13.5 Å². The van der Waals surface area contributed by atoms with Crippen LogP contribution >= 0.6 is 11.8 Å². The van der Waals surface area contributed by atoms with E-state index in [2.05, 4.69) is 9.72 Å². The monoisotopic (exact) mass is 226 g/mol. The van der Waals surface area contributed by atoms with Crippen LogP contribution in [0.15, 0.2) is 18.3 Å². The summed E-state index contributed by atoms with van der Waals surface area (Å²) in [5.41, 5.74) is 6.68. The van der Waals surface area contributed by atoms with Gasteiger partial charge < -0.3 is 10.5 Å². The number of carbonyl (C=O) groups is 1. The van der Waals surface area contributed by atoms with Crippen LogP contribution in [0.5, 0.6) is 0 Å². The molecule has 1 aromatic rings. The van der Waals surface area contributed by atoms with Crippen LogP contribution in [0.2, 0.25) is 0 Å². The highest BCUT2D eigenvalue weighted by Crippen LogP contribution is 2.16. The minimum Gasteiger partial charge on any atom is -0.469 e. The third-order valence-electron chi connectivity index (χ3n) is 1.86. The first kappa shape index (κ1) is 11.8. The lowest BCUT2D eigenvalue weighted by molar-refractivity contribution is -0.140. The molecule has 15 heavy (non-hydrogen) atoms. The van der Waals surface area contributed by atoms with E-state index < -0.39 is 0 Å². The van der Waals surface area contributed by atoms with Crippen molar-refractivity contribution >= 4 is 23.5 Å². The number of methoxy groups -OCH3 is 1. The summed E-state index contributed by atoms with van der Waals surface area (Å²) < 4.78 is 4.54. The van der Waals surface area contributed by atoms with Gasteiger partial charge in [-0.25, -0.2) is 4.98 Å². The predicted molar refractivity (Wildman–Crippen MR) is 61.4 cm³/mol. The predicted octanol–water partition coefficient (Wildman–Crippen LogP) is 1.46. The summed E-state index contributed by atoms with van der Waals surface area (Å²) in [5, 5.41) is 0. The molecule has 82 valence electrons. The van der Waals surface area contributed by atoms with E-state index in [1.54, 1.807) is 18.0 Å². The van der Waals surface area contributed by atoms with Crippen molar-refractivity contribution in [3.8, 4) is 0 Å². The summed E-state index contributed by atoms with van der Waals surface area (Å²) in [6, 6.07) is 3.79. The lowest BCUT2D eigenvalue weighted by Gasteiger charge is -2.03. The zero-order valence-corrected chi connectivity index (χ0v) is 9.42. The number of hydrogen-bond donors (Lipinski definition) is 1. The van der Waals surface area contributed by atoms with Crippen molar-refractivity contribution in [3.63, 3.8) is 0 Å². The van der Waals surface area contributed by atoms with E-state index in [0.717, 1.165) is 17.1 Å². The highest BCUT2D eigenvalue weighted by atomic mass is 32.2. The number of esters is 1. The van der Waals surface area contributed by atoms with Crippen molar-refractivity contribution in [2.75, 3.05) is 18.6 Å². The molecule has 0 aliphatic carbocycles. The van der Waals surface area contributed by atoms with E-state index in [9.17, 15) is 4.79 Å². The SMILES string of the molecule is COC(=O)CCSCc1cccnc1N. The summed E-state index contributed by atoms with van der Waals surface area (Å²) in [7, 11) is 1.39. The van der Waals surface area contributed by atoms with E-state index in [0.29, 0.717) is 12.2 Å². The molecular weight excluding hydrogens is 212 g/mol. The van der Waals surface area contributed by atoms with E-state index in [-0.39, 0.29) is 5.97 Å². The molecule has 1 heterocycles. The van der Waals surface area contributed by atoms with Crippen LogP contribution in [0.25, 0.3) is 0 Å². The second kappa shape index (κ2) is 6.29. The van der Waals surface area contributed by atoms with Crippen LogP contribution in [0.3, 0.4) is 0 Å². The smallest absolute Gasteiger partial charge is 0.306 e. The molecular formula is C10H14N2O2S. The number of nitrogen functional groups attached to an aromatic ring is 1. The molecule has 0 saturated carbocycles. The van der Waals surface area contributed by atoms with Crippen LogP contribution in [-0.2, 0) is 15.3 Å². The average Bonchev–Trinajstić information content (AvgIpc) is 2.26. The van der Waals surface area contributed by atoms with Crippen molar-refractivity contribution in [2.24, 2.45) is 0 Å². The van der Waals surface area contributed by atoms with Gasteiger partial charge in [0.25, 0.3) is 0 Å². The fourth-order valence-electron chi connectivity index (χ4n) is 1.01. The highest BCUT2D eigenvalue weighted by Gasteiger charge is 2.02. The molecule has 0 radical (unpaired) electrons. The Labute approximate surface area is 93.2 Å². The molecule has 0 fully saturated rings. The summed E-state index contributed by atoms with van der Waals surface area (Å²) in [4.78, 5) is 14.8. The van der Waals surface area contributed by atoms with Gasteiger partial charge in [0.1, 0.15) is 5.82 Å². The maximum absolute atomic E-state index is 10.8. The van der Waals surface area contributed by atoms with E-state index in [1.165, 1.54) is 7.11 Å². The van der Waals surface area contributed by atoms with Crippen molar-refractivity contribution in [3.05, 3.63) is 23.9 Å². The molecule has 0 saturated heterocycles. The Balaban J connectivity index is 2.26. The van der Waals surface area contributed by atoms with Gasteiger partial charge in [-0.15, -0.1) is 0 Å². The Kier molecular flexibility index (Phi) is 4.97. The molecule has 2 N–H and O–H groups in total. The van der Waals surface area contributed by atoms with Crippen LogP contribution in [0, 0.1) is 0 Å². The number of thioether (sulfide) groups is 1. The first-order valence-corrected chi connectivity index (χ1v) is 5.73. The Hall–Kier alpha value is -1.23. The van der Waals surface area contributed by atoms with Crippen LogP contribution in [-0.4, -0.2) is 23.8 Å². The summed E-state index contributed by atoms with van der Waals surface area (Å²) in [6.45, 7) is 0. The van der Waals surface area contributed by atoms with Crippen LogP contribution in [0.1, 0.15) is 12.0 Å². The molecule has 5 heteroatoms. The summed E-state index contributed by atoms with van der Waals surface area (Å²) >= 11 is 1.64. The normalized spacial score (nSPS) is 9.93. The Morgan fingerprint density at radius 1 is 1.67 bits per heavy atom. The second-order valence-corrected chi connectivity index (χ2v) is 4.03. The van der Waals surface area contributed by atoms with Gasteiger partial charge in [-0.2, -0.15) is 11.8 Å². The number of anilines is 1. The topological polar surface area (TPSA) is 65.2 Å². The molecule has 0 unspecified atom stereocenters. The standard InChI is InChI=1S/C10H14N2O2S/c1-14-9(13)4-6-15-7-8-3-2-5-12-10(8)11/h2-3,5H,4,6-7H2,1H3,(H2,11,12). The molecule has 4 nitrogen and oxygen atoms in total. The summed E-state index contributed by atoms with van der Waals surface area (Å²) in [6.07, 6.45) is 2.10. The van der Waals surface area contributed by atoms with Crippen LogP contribution < -0.4 is 5.73 Å². The van der Waals surface area contributed by atoms with Crippen molar-refractivity contribution < 1.29 is 9.53 Å². The third kappa shape index (κ3) is 4.20. The molecule has 0 aliphatic heterocycles. The number of pyridine rings is 1. The Morgan fingerprint density at radius 2 is 2.47 bits per heavy atom. The quantitative estimate of drug-likeness (QED) is 0.608.